The molecule has 15 heavy (non-hydrogen) atoms. The van der Waals surface area contributed by atoms with Gasteiger partial charge in [-0.3, -0.25) is 4.68 Å². The smallest absolute Gasteiger partial charge is 0.107 e. The molecule has 1 rings (SSSR count). The first-order chi connectivity index (χ1) is 7.09. The van der Waals surface area contributed by atoms with Crippen LogP contribution in [0.2, 0.25) is 5.02 Å². The lowest BCUT2D eigenvalue weighted by atomic mass is 9.93. The van der Waals surface area contributed by atoms with Gasteiger partial charge in [0.2, 0.25) is 0 Å². The van der Waals surface area contributed by atoms with Crippen molar-refractivity contribution in [2.24, 2.45) is 0 Å². The number of aromatic nitrogens is 2. The van der Waals surface area contributed by atoms with Gasteiger partial charge in [0.05, 0.1) is 16.9 Å². The highest BCUT2D eigenvalue weighted by molar-refractivity contribution is 6.31. The van der Waals surface area contributed by atoms with Crippen molar-refractivity contribution in [2.75, 3.05) is 0 Å². The van der Waals surface area contributed by atoms with Gasteiger partial charge in [0, 0.05) is 6.54 Å². The Morgan fingerprint density at radius 3 is 2.47 bits per heavy atom. The zero-order chi connectivity index (χ0) is 11.5. The molecule has 3 nitrogen and oxygen atoms in total. The summed E-state index contributed by atoms with van der Waals surface area (Å²) in [4.78, 5) is 0. The Labute approximate surface area is 96.1 Å². The van der Waals surface area contributed by atoms with E-state index in [1.54, 1.807) is 6.20 Å². The molecule has 1 N–H and O–H groups in total. The summed E-state index contributed by atoms with van der Waals surface area (Å²) in [6.07, 6.45) is 3.90. The van der Waals surface area contributed by atoms with E-state index in [0.717, 1.165) is 18.7 Å². The molecular formula is C11H19ClN2O. The van der Waals surface area contributed by atoms with E-state index < -0.39 is 5.60 Å². The van der Waals surface area contributed by atoms with Gasteiger partial charge in [-0.2, -0.15) is 5.10 Å². The van der Waals surface area contributed by atoms with E-state index in [1.165, 1.54) is 0 Å². The number of aryl methyl sites for hydroxylation is 1. The molecule has 0 fully saturated rings. The summed E-state index contributed by atoms with van der Waals surface area (Å²) >= 11 is 6.08. The maximum atomic E-state index is 10.4. The lowest BCUT2D eigenvalue weighted by Gasteiger charge is -2.26. The molecule has 1 aromatic heterocycles. The predicted octanol–water partition coefficient (Wildman–Crippen LogP) is 2.95. The minimum absolute atomic E-state index is 0.564. The Kier molecular flexibility index (Phi) is 4.17. The molecule has 0 bridgehead atoms. The third-order valence-corrected chi connectivity index (χ3v) is 3.12. The van der Waals surface area contributed by atoms with Crippen molar-refractivity contribution in [1.29, 1.82) is 0 Å². The van der Waals surface area contributed by atoms with Crippen LogP contribution in [-0.2, 0) is 12.1 Å². The van der Waals surface area contributed by atoms with Gasteiger partial charge in [0.25, 0.3) is 0 Å². The van der Waals surface area contributed by atoms with Crippen LogP contribution < -0.4 is 0 Å². The van der Waals surface area contributed by atoms with E-state index in [2.05, 4.69) is 12.0 Å². The number of aliphatic hydroxyl groups is 1. The number of hydrogen-bond acceptors (Lipinski definition) is 2. The maximum Gasteiger partial charge on any atom is 0.107 e. The number of nitrogens with zero attached hydrogens (tertiary/aromatic N) is 2. The molecule has 4 heteroatoms. The van der Waals surface area contributed by atoms with E-state index in [1.807, 2.05) is 18.5 Å². The zero-order valence-electron chi connectivity index (χ0n) is 9.63. The first-order valence-corrected chi connectivity index (χ1v) is 5.91. The van der Waals surface area contributed by atoms with Crippen LogP contribution in [0.25, 0.3) is 0 Å². The second kappa shape index (κ2) is 4.99. The third-order valence-electron chi connectivity index (χ3n) is 2.84. The zero-order valence-corrected chi connectivity index (χ0v) is 10.4. The highest BCUT2D eigenvalue weighted by Crippen LogP contribution is 2.33. The first-order valence-electron chi connectivity index (χ1n) is 5.53. The summed E-state index contributed by atoms with van der Waals surface area (Å²) in [7, 11) is 0. The van der Waals surface area contributed by atoms with E-state index >= 15 is 0 Å². The molecule has 0 saturated heterocycles. The van der Waals surface area contributed by atoms with Crippen LogP contribution in [0.15, 0.2) is 6.20 Å². The maximum absolute atomic E-state index is 10.4. The third kappa shape index (κ3) is 2.34. The number of hydrogen-bond donors (Lipinski definition) is 1. The molecular weight excluding hydrogens is 212 g/mol. The minimum Gasteiger partial charge on any atom is -0.384 e. The molecule has 0 aromatic carbocycles. The lowest BCUT2D eigenvalue weighted by molar-refractivity contribution is 0.0193. The first kappa shape index (κ1) is 12.5. The predicted molar refractivity (Wildman–Crippen MR) is 62.0 cm³/mol. The molecule has 0 aliphatic rings. The van der Waals surface area contributed by atoms with Crippen LogP contribution >= 0.6 is 11.6 Å². The molecule has 1 aromatic rings. The van der Waals surface area contributed by atoms with Gasteiger partial charge in [0.15, 0.2) is 0 Å². The highest BCUT2D eigenvalue weighted by Gasteiger charge is 2.31. The van der Waals surface area contributed by atoms with Gasteiger partial charge in [-0.15, -0.1) is 0 Å². The summed E-state index contributed by atoms with van der Waals surface area (Å²) in [5, 5.41) is 15.2. The number of rotatable bonds is 5. The van der Waals surface area contributed by atoms with Crippen molar-refractivity contribution < 1.29 is 5.11 Å². The molecule has 0 saturated carbocycles. The monoisotopic (exact) mass is 230 g/mol. The second-order valence-corrected chi connectivity index (χ2v) is 4.21. The fraction of sp³-hybridized carbons (Fsp3) is 0.727. The molecule has 0 spiro atoms. The van der Waals surface area contributed by atoms with Gasteiger partial charge in [0.1, 0.15) is 5.60 Å². The van der Waals surface area contributed by atoms with E-state index in [4.69, 9.17) is 11.6 Å². The van der Waals surface area contributed by atoms with Gasteiger partial charge in [-0.25, -0.2) is 0 Å². The Bertz CT molecular complexity index is 318. The van der Waals surface area contributed by atoms with Gasteiger partial charge in [-0.1, -0.05) is 32.4 Å². The Balaban J connectivity index is 3.14. The van der Waals surface area contributed by atoms with Gasteiger partial charge in [-0.05, 0) is 19.3 Å². The normalized spacial score (nSPS) is 12.1. The highest BCUT2D eigenvalue weighted by atomic mass is 35.5. The molecule has 0 unspecified atom stereocenters. The standard InChI is InChI=1S/C11H19ClN2O/c1-4-7-14-10(9(12)8-13-14)11(15,5-2)6-3/h8,15H,4-7H2,1-3H3. The van der Waals surface area contributed by atoms with Crippen molar-refractivity contribution >= 4 is 11.6 Å². The summed E-state index contributed by atoms with van der Waals surface area (Å²) in [6.45, 7) is 6.80. The van der Waals surface area contributed by atoms with Gasteiger partial charge < -0.3 is 5.11 Å². The Morgan fingerprint density at radius 1 is 1.40 bits per heavy atom. The summed E-state index contributed by atoms with van der Waals surface area (Å²) in [5.74, 6) is 0. The molecule has 0 aliphatic carbocycles. The minimum atomic E-state index is -0.844. The van der Waals surface area contributed by atoms with Crippen molar-refractivity contribution in [3.8, 4) is 0 Å². The van der Waals surface area contributed by atoms with Crippen LogP contribution in [0.1, 0.15) is 45.7 Å². The summed E-state index contributed by atoms with van der Waals surface area (Å²) < 4.78 is 1.81. The molecule has 0 radical (unpaired) electrons. The quantitative estimate of drug-likeness (QED) is 0.845. The SMILES string of the molecule is CCCn1ncc(Cl)c1C(O)(CC)CC. The number of halogens is 1. The van der Waals surface area contributed by atoms with E-state index in [0.29, 0.717) is 17.9 Å². The van der Waals surface area contributed by atoms with Crippen molar-refractivity contribution in [3.63, 3.8) is 0 Å². The fourth-order valence-electron chi connectivity index (χ4n) is 1.79. The largest absolute Gasteiger partial charge is 0.384 e. The van der Waals surface area contributed by atoms with Crippen molar-refractivity contribution in [2.45, 2.75) is 52.2 Å². The average molecular weight is 231 g/mol. The molecule has 0 aliphatic heterocycles. The van der Waals surface area contributed by atoms with E-state index in [9.17, 15) is 5.11 Å². The van der Waals surface area contributed by atoms with Crippen LogP contribution in [0.3, 0.4) is 0 Å². The Morgan fingerprint density at radius 2 is 2.00 bits per heavy atom. The van der Waals surface area contributed by atoms with Crippen molar-refractivity contribution in [3.05, 3.63) is 16.9 Å². The van der Waals surface area contributed by atoms with Gasteiger partial charge >= 0.3 is 0 Å². The lowest BCUT2D eigenvalue weighted by Crippen LogP contribution is -2.28. The second-order valence-electron chi connectivity index (χ2n) is 3.80. The fourth-order valence-corrected chi connectivity index (χ4v) is 2.11. The topological polar surface area (TPSA) is 38.0 Å². The van der Waals surface area contributed by atoms with Crippen LogP contribution in [0.5, 0.6) is 0 Å². The van der Waals surface area contributed by atoms with Crippen molar-refractivity contribution in [1.82, 2.24) is 9.78 Å². The van der Waals surface area contributed by atoms with Crippen LogP contribution in [-0.4, -0.2) is 14.9 Å². The van der Waals surface area contributed by atoms with E-state index in [-0.39, 0.29) is 0 Å². The Hall–Kier alpha value is -0.540. The molecule has 1 heterocycles. The summed E-state index contributed by atoms with van der Waals surface area (Å²) in [6, 6.07) is 0. The summed E-state index contributed by atoms with van der Waals surface area (Å²) in [5.41, 5.74) is -0.0843. The average Bonchev–Trinajstić information content (AvgIpc) is 2.60. The van der Waals surface area contributed by atoms with Crippen LogP contribution in [0, 0.1) is 0 Å². The molecule has 86 valence electrons. The van der Waals surface area contributed by atoms with Crippen LogP contribution in [0.4, 0.5) is 0 Å². The molecule has 0 atom stereocenters. The molecule has 0 amide bonds.